The number of nitrogens with one attached hydrogen (secondary N) is 2. The first-order valence-corrected chi connectivity index (χ1v) is 13.7. The van der Waals surface area contributed by atoms with Crippen LogP contribution in [0.4, 0.5) is 19.2 Å². The highest BCUT2D eigenvalue weighted by atomic mass is 32.2. The Kier molecular flexibility index (Phi) is 5.97. The van der Waals surface area contributed by atoms with Crippen LogP contribution in [0.5, 0.6) is 0 Å². The molecule has 1 saturated carbocycles. The standard InChI is InChI=1S/C26H23F3N6O3S/c1-15-2-7-18(8-3-15)39(36,37)35-13-20(23-30-11-10-21(32-23)16-4-5-16)19-12-17(6-9-22(19)35)24-33-34-25(38-24)31-14-26(27,28)29/h2-3,6-13,16,21H,4-5,14H2,1H3,(H,30,32)(H,31,34). The third kappa shape index (κ3) is 5.01. The number of anilines is 1. The van der Waals surface area contributed by atoms with Gasteiger partial charge in [0.15, 0.2) is 0 Å². The molecule has 1 aliphatic carbocycles. The molecule has 6 rings (SSSR count). The summed E-state index contributed by atoms with van der Waals surface area (Å²) in [5.41, 5.74) is 2.28. The highest BCUT2D eigenvalue weighted by Gasteiger charge is 2.32. The molecule has 0 saturated heterocycles. The van der Waals surface area contributed by atoms with Gasteiger partial charge in [0.1, 0.15) is 12.4 Å². The second kappa shape index (κ2) is 9.26. The van der Waals surface area contributed by atoms with E-state index in [1.807, 2.05) is 19.2 Å². The van der Waals surface area contributed by atoms with Gasteiger partial charge in [0, 0.05) is 28.9 Å². The fraction of sp³-hybridized carbons (Fsp3) is 0.269. The number of rotatable bonds is 7. The molecular weight excluding hydrogens is 533 g/mol. The maximum absolute atomic E-state index is 13.7. The van der Waals surface area contributed by atoms with Crippen LogP contribution in [0.25, 0.3) is 22.4 Å². The first kappa shape index (κ1) is 25.2. The summed E-state index contributed by atoms with van der Waals surface area (Å²) >= 11 is 0. The van der Waals surface area contributed by atoms with Crippen molar-refractivity contribution in [1.29, 1.82) is 0 Å². The monoisotopic (exact) mass is 556 g/mol. The quantitative estimate of drug-likeness (QED) is 0.334. The Morgan fingerprint density at radius 2 is 1.90 bits per heavy atom. The first-order valence-electron chi connectivity index (χ1n) is 12.2. The molecule has 4 aromatic rings. The third-order valence-corrected chi connectivity index (χ3v) is 8.30. The summed E-state index contributed by atoms with van der Waals surface area (Å²) in [4.78, 5) is 4.97. The Labute approximate surface area is 221 Å². The molecule has 0 spiro atoms. The highest BCUT2D eigenvalue weighted by molar-refractivity contribution is 7.90. The van der Waals surface area contributed by atoms with Crippen molar-refractivity contribution < 1.29 is 26.0 Å². The van der Waals surface area contributed by atoms with Gasteiger partial charge in [0.05, 0.1) is 16.5 Å². The minimum absolute atomic E-state index is 0.00487. The van der Waals surface area contributed by atoms with Crippen molar-refractivity contribution in [1.82, 2.24) is 19.5 Å². The molecule has 9 nitrogen and oxygen atoms in total. The number of aliphatic imine (C=N–C) groups is 1. The van der Waals surface area contributed by atoms with Gasteiger partial charge in [-0.3, -0.25) is 4.99 Å². The van der Waals surface area contributed by atoms with Crippen LogP contribution < -0.4 is 10.6 Å². The summed E-state index contributed by atoms with van der Waals surface area (Å²) < 4.78 is 71.7. The number of fused-ring (bicyclic) bond motifs is 1. The number of aryl methyl sites for hydroxylation is 1. The molecule has 1 aliphatic heterocycles. The molecule has 1 atom stereocenters. The van der Waals surface area contributed by atoms with E-state index < -0.39 is 22.7 Å². The van der Waals surface area contributed by atoms with E-state index in [0.717, 1.165) is 18.4 Å². The molecule has 0 amide bonds. The Hall–Kier alpha value is -4.13. The molecule has 202 valence electrons. The first-order chi connectivity index (χ1) is 18.6. The van der Waals surface area contributed by atoms with Crippen molar-refractivity contribution in [2.45, 2.75) is 36.9 Å². The van der Waals surface area contributed by atoms with Crippen molar-refractivity contribution in [3.63, 3.8) is 0 Å². The maximum Gasteiger partial charge on any atom is 0.405 e. The normalized spacial score (nSPS) is 17.7. The van der Waals surface area contributed by atoms with E-state index in [1.165, 1.54) is 10.2 Å². The molecule has 2 N–H and O–H groups in total. The SMILES string of the molecule is Cc1ccc(S(=O)(=O)n2cc(C3=NC(C4CC4)C=CN3)c3cc(-c4nnc(NCC(F)(F)F)o4)ccc32)cc1. The van der Waals surface area contributed by atoms with E-state index in [2.05, 4.69) is 20.8 Å². The maximum atomic E-state index is 13.7. The average molecular weight is 557 g/mol. The lowest BCUT2D eigenvalue weighted by atomic mass is 10.1. The number of nitrogens with zero attached hydrogens (tertiary/aromatic N) is 4. The van der Waals surface area contributed by atoms with E-state index in [-0.39, 0.29) is 22.8 Å². The van der Waals surface area contributed by atoms with Gasteiger partial charge in [-0.15, -0.1) is 5.10 Å². The second-order valence-electron chi connectivity index (χ2n) is 9.58. The molecule has 2 aromatic heterocycles. The van der Waals surface area contributed by atoms with Crippen molar-refractivity contribution >= 4 is 32.8 Å². The van der Waals surface area contributed by atoms with Crippen molar-refractivity contribution in [3.05, 3.63) is 72.1 Å². The predicted molar refractivity (Wildman–Crippen MR) is 139 cm³/mol. The Bertz CT molecular complexity index is 1720. The largest absolute Gasteiger partial charge is 0.405 e. The number of benzene rings is 2. The smallest absolute Gasteiger partial charge is 0.403 e. The summed E-state index contributed by atoms with van der Waals surface area (Å²) in [6.45, 7) is 0.554. The van der Waals surface area contributed by atoms with Gasteiger partial charge >= 0.3 is 12.2 Å². The zero-order valence-corrected chi connectivity index (χ0v) is 21.4. The Balaban J connectivity index is 1.45. The van der Waals surface area contributed by atoms with Crippen LogP contribution in [0.1, 0.15) is 24.0 Å². The van der Waals surface area contributed by atoms with Crippen molar-refractivity contribution in [3.8, 4) is 11.5 Å². The molecule has 2 aliphatic rings. The minimum Gasteiger partial charge on any atom is -0.403 e. The zero-order valence-electron chi connectivity index (χ0n) is 20.6. The van der Waals surface area contributed by atoms with E-state index in [0.29, 0.717) is 33.8 Å². The highest BCUT2D eigenvalue weighted by Crippen LogP contribution is 2.37. The van der Waals surface area contributed by atoms with Gasteiger partial charge in [-0.25, -0.2) is 12.4 Å². The lowest BCUT2D eigenvalue weighted by Crippen LogP contribution is -2.26. The summed E-state index contributed by atoms with van der Waals surface area (Å²) in [5.74, 6) is 0.961. The second-order valence-corrected chi connectivity index (χ2v) is 11.4. The van der Waals surface area contributed by atoms with E-state index in [1.54, 1.807) is 42.5 Å². The summed E-state index contributed by atoms with van der Waals surface area (Å²) in [5, 5.41) is 13.2. The number of hydrogen-bond acceptors (Lipinski definition) is 8. The van der Waals surface area contributed by atoms with E-state index in [9.17, 15) is 21.6 Å². The van der Waals surface area contributed by atoms with Crippen LogP contribution in [0, 0.1) is 12.8 Å². The van der Waals surface area contributed by atoms with Gasteiger partial charge in [0.2, 0.25) is 5.89 Å². The molecule has 2 aromatic carbocycles. The minimum atomic E-state index is -4.45. The zero-order chi connectivity index (χ0) is 27.4. The van der Waals surface area contributed by atoms with Crippen LogP contribution in [-0.2, 0) is 10.0 Å². The summed E-state index contributed by atoms with van der Waals surface area (Å²) in [6.07, 6.45) is 3.05. The number of hydrogen-bond donors (Lipinski definition) is 2. The molecule has 0 bridgehead atoms. The van der Waals surface area contributed by atoms with Crippen LogP contribution in [0.15, 0.2) is 75.2 Å². The van der Waals surface area contributed by atoms with Gasteiger partial charge < -0.3 is 15.1 Å². The van der Waals surface area contributed by atoms with Crippen molar-refractivity contribution in [2.24, 2.45) is 10.9 Å². The Morgan fingerprint density at radius 1 is 1.13 bits per heavy atom. The molecular formula is C26H23F3N6O3S. The van der Waals surface area contributed by atoms with Crippen molar-refractivity contribution in [2.75, 3.05) is 11.9 Å². The van der Waals surface area contributed by atoms with Crippen LogP contribution in [-0.4, -0.2) is 47.2 Å². The molecule has 3 heterocycles. The van der Waals surface area contributed by atoms with Crippen LogP contribution >= 0.6 is 0 Å². The van der Waals surface area contributed by atoms with Crippen LogP contribution in [0.3, 0.4) is 0 Å². The fourth-order valence-corrected chi connectivity index (χ4v) is 5.80. The molecule has 1 fully saturated rings. The van der Waals surface area contributed by atoms with E-state index >= 15 is 0 Å². The molecule has 0 radical (unpaired) electrons. The lowest BCUT2D eigenvalue weighted by molar-refractivity contribution is -0.115. The summed E-state index contributed by atoms with van der Waals surface area (Å²) in [6, 6.07) is 11.0. The molecule has 39 heavy (non-hydrogen) atoms. The van der Waals surface area contributed by atoms with Gasteiger partial charge in [-0.2, -0.15) is 13.2 Å². The van der Waals surface area contributed by atoms with Gasteiger partial charge in [-0.1, -0.05) is 22.8 Å². The molecule has 13 heteroatoms. The Morgan fingerprint density at radius 3 is 2.62 bits per heavy atom. The van der Waals surface area contributed by atoms with Gasteiger partial charge in [0.25, 0.3) is 10.0 Å². The van der Waals surface area contributed by atoms with Gasteiger partial charge in [-0.05, 0) is 62.1 Å². The topological polar surface area (TPSA) is 114 Å². The molecule has 1 unspecified atom stereocenters. The average Bonchev–Trinajstić information content (AvgIpc) is 3.52. The fourth-order valence-electron chi connectivity index (χ4n) is 4.43. The lowest BCUT2D eigenvalue weighted by Gasteiger charge is -2.16. The number of halogens is 3. The predicted octanol–water partition coefficient (Wildman–Crippen LogP) is 4.85. The van der Waals surface area contributed by atoms with E-state index in [4.69, 9.17) is 9.41 Å². The summed E-state index contributed by atoms with van der Waals surface area (Å²) in [7, 11) is -3.96. The number of alkyl halides is 3. The third-order valence-electron chi connectivity index (χ3n) is 6.61. The van der Waals surface area contributed by atoms with Crippen LogP contribution in [0.2, 0.25) is 0 Å². The number of aromatic nitrogens is 3. The number of amidine groups is 1.